The molecule has 1 amide bonds. The normalized spacial score (nSPS) is 11.7. The van der Waals surface area contributed by atoms with Gasteiger partial charge in [-0.25, -0.2) is 9.48 Å². The molecule has 0 unspecified atom stereocenters. The SMILES string of the molecule is CCN(CC)C(=O)[C@@H](OC(=O)c1c(C)nn(-c2ccccc2)c1C)c1ccccc1. The van der Waals surface area contributed by atoms with Gasteiger partial charge in [0.1, 0.15) is 5.56 Å². The highest BCUT2D eigenvalue weighted by Crippen LogP contribution is 2.25. The van der Waals surface area contributed by atoms with Crippen molar-refractivity contribution in [1.82, 2.24) is 14.7 Å². The van der Waals surface area contributed by atoms with Gasteiger partial charge < -0.3 is 9.64 Å². The molecule has 0 fully saturated rings. The highest BCUT2D eigenvalue weighted by molar-refractivity contribution is 5.94. The summed E-state index contributed by atoms with van der Waals surface area (Å²) in [5.41, 5.74) is 3.12. The molecule has 1 heterocycles. The van der Waals surface area contributed by atoms with E-state index in [0.29, 0.717) is 35.6 Å². The van der Waals surface area contributed by atoms with Crippen molar-refractivity contribution >= 4 is 11.9 Å². The second-order valence-electron chi connectivity index (χ2n) is 7.00. The minimum atomic E-state index is -1.00. The molecule has 0 aliphatic rings. The number of para-hydroxylation sites is 1. The van der Waals surface area contributed by atoms with Gasteiger partial charge in [-0.1, -0.05) is 48.5 Å². The fourth-order valence-electron chi connectivity index (χ4n) is 3.51. The number of hydrogen-bond acceptors (Lipinski definition) is 4. The molecule has 0 aliphatic carbocycles. The zero-order chi connectivity index (χ0) is 21.7. The van der Waals surface area contributed by atoms with Gasteiger partial charge >= 0.3 is 5.97 Å². The molecule has 0 bridgehead atoms. The minimum Gasteiger partial charge on any atom is -0.444 e. The summed E-state index contributed by atoms with van der Waals surface area (Å²) in [6, 6.07) is 18.7. The Kier molecular flexibility index (Phi) is 6.67. The van der Waals surface area contributed by atoms with Gasteiger partial charge in [0.15, 0.2) is 0 Å². The van der Waals surface area contributed by atoms with Crippen molar-refractivity contribution in [2.24, 2.45) is 0 Å². The quantitative estimate of drug-likeness (QED) is 0.551. The Labute approximate surface area is 177 Å². The molecule has 0 spiro atoms. The third kappa shape index (κ3) is 4.27. The Morgan fingerprint density at radius 3 is 2.10 bits per heavy atom. The van der Waals surface area contributed by atoms with Crippen molar-refractivity contribution in [2.75, 3.05) is 13.1 Å². The van der Waals surface area contributed by atoms with Crippen molar-refractivity contribution in [2.45, 2.75) is 33.8 Å². The van der Waals surface area contributed by atoms with Crippen LogP contribution in [-0.2, 0) is 9.53 Å². The molecule has 0 N–H and O–H groups in total. The molecule has 156 valence electrons. The summed E-state index contributed by atoms with van der Waals surface area (Å²) in [7, 11) is 0. The molecule has 2 aromatic carbocycles. The first-order valence-electron chi connectivity index (χ1n) is 10.1. The van der Waals surface area contributed by atoms with Gasteiger partial charge in [0, 0.05) is 18.7 Å². The number of ether oxygens (including phenoxy) is 1. The molecule has 0 radical (unpaired) electrons. The third-order valence-electron chi connectivity index (χ3n) is 5.12. The van der Waals surface area contributed by atoms with Crippen molar-refractivity contribution in [3.63, 3.8) is 0 Å². The van der Waals surface area contributed by atoms with Gasteiger partial charge in [-0.05, 0) is 39.8 Å². The predicted octanol–water partition coefficient (Wildman–Crippen LogP) is 4.26. The molecule has 30 heavy (non-hydrogen) atoms. The summed E-state index contributed by atoms with van der Waals surface area (Å²) in [5, 5.41) is 4.51. The van der Waals surface area contributed by atoms with Crippen LogP contribution in [0, 0.1) is 13.8 Å². The zero-order valence-corrected chi connectivity index (χ0v) is 17.8. The molecule has 0 saturated heterocycles. The Morgan fingerprint density at radius 1 is 0.967 bits per heavy atom. The minimum absolute atomic E-state index is 0.231. The maximum absolute atomic E-state index is 13.2. The molecule has 3 rings (SSSR count). The van der Waals surface area contributed by atoms with Gasteiger partial charge in [0.05, 0.1) is 17.1 Å². The lowest BCUT2D eigenvalue weighted by molar-refractivity contribution is -0.140. The number of benzene rings is 2. The van der Waals surface area contributed by atoms with Crippen LogP contribution < -0.4 is 0 Å². The number of amides is 1. The second kappa shape index (κ2) is 9.39. The number of carbonyl (C=O) groups is 2. The van der Waals surface area contributed by atoms with Crippen molar-refractivity contribution < 1.29 is 14.3 Å². The molecule has 1 aromatic heterocycles. The lowest BCUT2D eigenvalue weighted by atomic mass is 10.1. The Bertz CT molecular complexity index is 1010. The molecule has 6 nitrogen and oxygen atoms in total. The van der Waals surface area contributed by atoms with E-state index in [0.717, 1.165) is 5.69 Å². The highest BCUT2D eigenvalue weighted by Gasteiger charge is 2.31. The van der Waals surface area contributed by atoms with Crippen molar-refractivity contribution in [3.05, 3.63) is 83.2 Å². The van der Waals surface area contributed by atoms with E-state index >= 15 is 0 Å². The molecule has 6 heteroatoms. The summed E-state index contributed by atoms with van der Waals surface area (Å²) < 4.78 is 7.51. The maximum Gasteiger partial charge on any atom is 0.343 e. The van der Waals surface area contributed by atoms with Crippen molar-refractivity contribution in [3.8, 4) is 5.69 Å². The van der Waals surface area contributed by atoms with E-state index in [1.165, 1.54) is 0 Å². The average Bonchev–Trinajstić information content (AvgIpc) is 3.07. The van der Waals surface area contributed by atoms with Crippen molar-refractivity contribution in [1.29, 1.82) is 0 Å². The molecular weight excluding hydrogens is 378 g/mol. The first-order chi connectivity index (χ1) is 14.5. The summed E-state index contributed by atoms with van der Waals surface area (Å²) in [5.74, 6) is -0.785. The third-order valence-corrected chi connectivity index (χ3v) is 5.12. The topological polar surface area (TPSA) is 64.4 Å². The van der Waals surface area contributed by atoms with E-state index in [2.05, 4.69) is 5.10 Å². The summed E-state index contributed by atoms with van der Waals surface area (Å²) in [4.78, 5) is 27.9. The van der Waals surface area contributed by atoms with Crippen LogP contribution in [0.2, 0.25) is 0 Å². The van der Waals surface area contributed by atoms with E-state index < -0.39 is 12.1 Å². The van der Waals surface area contributed by atoms with E-state index in [1.54, 1.807) is 28.6 Å². The van der Waals surface area contributed by atoms with E-state index in [9.17, 15) is 9.59 Å². The number of esters is 1. The standard InChI is InChI=1S/C24H27N3O3/c1-5-26(6-2)23(28)22(19-13-9-7-10-14-19)30-24(29)21-17(3)25-27(18(21)4)20-15-11-8-12-16-20/h7-16,22H,5-6H2,1-4H3/t22-/m0/s1. The van der Waals surface area contributed by atoms with E-state index in [1.807, 2.05) is 69.3 Å². The number of likely N-dealkylation sites (N-methyl/N-ethyl adjacent to an activating group) is 1. The number of rotatable bonds is 7. The first kappa shape index (κ1) is 21.3. The molecule has 0 saturated carbocycles. The van der Waals surface area contributed by atoms with Gasteiger partial charge in [-0.3, -0.25) is 4.79 Å². The van der Waals surface area contributed by atoms with Crippen LogP contribution in [0.15, 0.2) is 60.7 Å². The largest absolute Gasteiger partial charge is 0.444 e. The van der Waals surface area contributed by atoms with Gasteiger partial charge in [0.25, 0.3) is 5.91 Å². The van der Waals surface area contributed by atoms with Crippen LogP contribution in [0.4, 0.5) is 0 Å². The molecule has 0 aliphatic heterocycles. The van der Waals surface area contributed by atoms with Gasteiger partial charge in [-0.2, -0.15) is 5.10 Å². The summed E-state index contributed by atoms with van der Waals surface area (Å²) >= 11 is 0. The van der Waals surface area contributed by atoms with Crippen LogP contribution in [0.5, 0.6) is 0 Å². The molecule has 1 atom stereocenters. The highest BCUT2D eigenvalue weighted by atomic mass is 16.5. The second-order valence-corrected chi connectivity index (χ2v) is 7.00. The zero-order valence-electron chi connectivity index (χ0n) is 17.8. The lowest BCUT2D eigenvalue weighted by Crippen LogP contribution is -2.36. The monoisotopic (exact) mass is 405 g/mol. The van der Waals surface area contributed by atoms with Crippen LogP contribution in [0.3, 0.4) is 0 Å². The number of hydrogen-bond donors (Lipinski definition) is 0. The predicted molar refractivity (Wildman–Crippen MR) is 116 cm³/mol. The number of aromatic nitrogens is 2. The van der Waals surface area contributed by atoms with E-state index in [-0.39, 0.29) is 5.91 Å². The van der Waals surface area contributed by atoms with Crippen LogP contribution in [0.1, 0.15) is 47.3 Å². The molecular formula is C24H27N3O3. The first-order valence-corrected chi connectivity index (χ1v) is 10.1. The number of nitrogens with zero attached hydrogens (tertiary/aromatic N) is 3. The molecule has 3 aromatic rings. The number of carbonyl (C=O) groups excluding carboxylic acids is 2. The van der Waals surface area contributed by atoms with Crippen LogP contribution in [0.25, 0.3) is 5.69 Å². The smallest absolute Gasteiger partial charge is 0.343 e. The fraction of sp³-hybridized carbons (Fsp3) is 0.292. The Balaban J connectivity index is 1.95. The summed E-state index contributed by atoms with van der Waals surface area (Å²) in [6.07, 6.45) is -1.00. The van der Waals surface area contributed by atoms with E-state index in [4.69, 9.17) is 4.74 Å². The van der Waals surface area contributed by atoms with Gasteiger partial charge in [0.2, 0.25) is 6.10 Å². The van der Waals surface area contributed by atoms with Gasteiger partial charge in [-0.15, -0.1) is 0 Å². The lowest BCUT2D eigenvalue weighted by Gasteiger charge is -2.25. The van der Waals surface area contributed by atoms with Crippen LogP contribution >= 0.6 is 0 Å². The van der Waals surface area contributed by atoms with Crippen LogP contribution in [-0.4, -0.2) is 39.6 Å². The Morgan fingerprint density at radius 2 is 1.53 bits per heavy atom. The fourth-order valence-corrected chi connectivity index (χ4v) is 3.51. The average molecular weight is 405 g/mol. The maximum atomic E-state index is 13.2. The number of aryl methyl sites for hydroxylation is 1. The Hall–Kier alpha value is -3.41. The summed E-state index contributed by atoms with van der Waals surface area (Å²) in [6.45, 7) is 8.49.